The summed E-state index contributed by atoms with van der Waals surface area (Å²) in [7, 11) is 0. The van der Waals surface area contributed by atoms with E-state index in [0.29, 0.717) is 75.2 Å². The molecule has 3 fully saturated rings. The average molecular weight is 640 g/mol. The van der Waals surface area contributed by atoms with E-state index in [-0.39, 0.29) is 23.7 Å². The van der Waals surface area contributed by atoms with Crippen molar-refractivity contribution in [1.29, 1.82) is 0 Å². The Bertz CT molecular complexity index is 1410. The number of benzene rings is 2. The molecule has 3 saturated heterocycles. The van der Waals surface area contributed by atoms with Gasteiger partial charge in [0.05, 0.1) is 37.9 Å². The topological polar surface area (TPSA) is 110 Å². The normalized spacial score (nSPS) is 18.9. The highest BCUT2D eigenvalue weighted by Crippen LogP contribution is 2.34. The summed E-state index contributed by atoms with van der Waals surface area (Å²) >= 11 is 4.34. The summed E-state index contributed by atoms with van der Waals surface area (Å²) in [6.07, 6.45) is 1.71. The van der Waals surface area contributed by atoms with Crippen molar-refractivity contribution in [2.45, 2.75) is 6.54 Å². The van der Waals surface area contributed by atoms with Crippen LogP contribution in [0.4, 0.5) is 16.7 Å². The molecular formula is C28H27BrN6O5S. The molecule has 11 nitrogen and oxygen atoms in total. The standard InChI is InChI=1S/C28H27BrN6O5S/c29-21-5-1-20(2-6-21)18-35-24(36)23(41-28(35)37)17-19-3-7-22(8-4-19)40-27-31-25(33-9-13-38-14-10-33)30-26(32-27)34-11-15-39-16-12-34/h1-8,17H,9-16,18H2/b23-17-. The summed E-state index contributed by atoms with van der Waals surface area (Å²) in [4.78, 5) is 45.2. The zero-order valence-electron chi connectivity index (χ0n) is 22.1. The Hall–Kier alpha value is -3.52. The van der Waals surface area contributed by atoms with E-state index >= 15 is 0 Å². The number of anilines is 2. The summed E-state index contributed by atoms with van der Waals surface area (Å²) < 4.78 is 18.0. The minimum Gasteiger partial charge on any atom is -0.424 e. The van der Waals surface area contributed by atoms with Crippen LogP contribution in [-0.4, -0.2) is 83.6 Å². The van der Waals surface area contributed by atoms with Crippen LogP contribution in [-0.2, 0) is 20.8 Å². The van der Waals surface area contributed by atoms with Gasteiger partial charge in [-0.15, -0.1) is 0 Å². The van der Waals surface area contributed by atoms with Crippen molar-refractivity contribution in [3.8, 4) is 11.8 Å². The molecule has 13 heteroatoms. The summed E-state index contributed by atoms with van der Waals surface area (Å²) in [6.45, 7) is 5.43. The van der Waals surface area contributed by atoms with Crippen LogP contribution in [0.1, 0.15) is 11.1 Å². The first kappa shape index (κ1) is 27.6. The molecule has 0 N–H and O–H groups in total. The van der Waals surface area contributed by atoms with Gasteiger partial charge in [0, 0.05) is 30.7 Å². The van der Waals surface area contributed by atoms with E-state index in [4.69, 9.17) is 19.2 Å². The maximum Gasteiger partial charge on any atom is 0.328 e. The van der Waals surface area contributed by atoms with Crippen LogP contribution in [0.2, 0.25) is 0 Å². The van der Waals surface area contributed by atoms with Gasteiger partial charge >= 0.3 is 6.01 Å². The second-order valence-electron chi connectivity index (χ2n) is 9.48. The van der Waals surface area contributed by atoms with E-state index in [1.807, 2.05) is 36.4 Å². The smallest absolute Gasteiger partial charge is 0.328 e. The number of amides is 2. The van der Waals surface area contributed by atoms with E-state index in [0.717, 1.165) is 27.4 Å². The first-order valence-electron chi connectivity index (χ1n) is 13.2. The molecule has 3 aliphatic heterocycles. The van der Waals surface area contributed by atoms with Crippen molar-refractivity contribution in [2.75, 3.05) is 62.4 Å². The quantitative estimate of drug-likeness (QED) is 0.345. The molecule has 0 unspecified atom stereocenters. The lowest BCUT2D eigenvalue weighted by Gasteiger charge is -2.30. The molecule has 0 radical (unpaired) electrons. The molecule has 4 heterocycles. The van der Waals surface area contributed by atoms with E-state index in [1.165, 1.54) is 4.90 Å². The van der Waals surface area contributed by atoms with Gasteiger partial charge < -0.3 is 24.0 Å². The summed E-state index contributed by atoms with van der Waals surface area (Å²) in [5.74, 6) is 1.34. The number of halogens is 1. The minimum absolute atomic E-state index is 0.199. The van der Waals surface area contributed by atoms with Crippen molar-refractivity contribution < 1.29 is 23.8 Å². The Morgan fingerprint density at radius 2 is 1.41 bits per heavy atom. The van der Waals surface area contributed by atoms with Gasteiger partial charge in [0.25, 0.3) is 11.1 Å². The van der Waals surface area contributed by atoms with Crippen LogP contribution >= 0.6 is 27.7 Å². The van der Waals surface area contributed by atoms with Gasteiger partial charge in [-0.1, -0.05) is 40.2 Å². The molecule has 6 rings (SSSR count). The maximum absolute atomic E-state index is 13.0. The van der Waals surface area contributed by atoms with E-state index in [2.05, 4.69) is 35.7 Å². The molecule has 2 amide bonds. The third-order valence-electron chi connectivity index (χ3n) is 6.69. The number of nitrogens with zero attached hydrogens (tertiary/aromatic N) is 6. The molecule has 3 aromatic rings. The lowest BCUT2D eigenvalue weighted by molar-refractivity contribution is -0.123. The third-order valence-corrected chi connectivity index (χ3v) is 8.13. The van der Waals surface area contributed by atoms with Gasteiger partial charge in [0.2, 0.25) is 11.9 Å². The highest BCUT2D eigenvalue weighted by molar-refractivity contribution is 9.10. The number of ether oxygens (including phenoxy) is 3. The van der Waals surface area contributed by atoms with Crippen molar-refractivity contribution in [3.63, 3.8) is 0 Å². The Kier molecular flexibility index (Phi) is 8.46. The summed E-state index contributed by atoms with van der Waals surface area (Å²) in [5, 5.41) is -0.286. The number of imide groups is 1. The van der Waals surface area contributed by atoms with Crippen LogP contribution in [0.3, 0.4) is 0 Å². The highest BCUT2D eigenvalue weighted by atomic mass is 79.9. The van der Waals surface area contributed by atoms with Crippen LogP contribution in [0.25, 0.3) is 6.08 Å². The number of hydrogen-bond donors (Lipinski definition) is 0. The Morgan fingerprint density at radius 1 is 0.829 bits per heavy atom. The average Bonchev–Trinajstić information content (AvgIpc) is 3.27. The van der Waals surface area contributed by atoms with E-state index < -0.39 is 0 Å². The predicted molar refractivity (Wildman–Crippen MR) is 158 cm³/mol. The van der Waals surface area contributed by atoms with E-state index in [1.54, 1.807) is 18.2 Å². The van der Waals surface area contributed by atoms with Gasteiger partial charge in [-0.3, -0.25) is 14.5 Å². The molecule has 0 aliphatic carbocycles. The number of carbonyl (C=O) groups is 2. The van der Waals surface area contributed by atoms with Crippen molar-refractivity contribution >= 4 is 56.8 Å². The molecule has 2 aromatic carbocycles. The fourth-order valence-electron chi connectivity index (χ4n) is 4.49. The molecule has 0 spiro atoms. The maximum atomic E-state index is 13.0. The SMILES string of the molecule is O=C1S/C(=C\c2ccc(Oc3nc(N4CCOCC4)nc(N4CCOCC4)n3)cc2)C(=O)N1Cc1ccc(Br)cc1. The van der Waals surface area contributed by atoms with Gasteiger partial charge in [-0.05, 0) is 53.2 Å². The Balaban J connectivity index is 1.17. The van der Waals surface area contributed by atoms with Gasteiger partial charge in [0.1, 0.15) is 5.75 Å². The zero-order chi connectivity index (χ0) is 28.2. The Labute approximate surface area is 249 Å². The lowest BCUT2D eigenvalue weighted by atomic mass is 10.2. The number of aromatic nitrogens is 3. The minimum atomic E-state index is -0.306. The van der Waals surface area contributed by atoms with Crippen LogP contribution < -0.4 is 14.5 Å². The number of carbonyl (C=O) groups excluding carboxylic acids is 2. The van der Waals surface area contributed by atoms with Crippen LogP contribution in [0.15, 0.2) is 57.9 Å². The largest absolute Gasteiger partial charge is 0.424 e. The van der Waals surface area contributed by atoms with Gasteiger partial charge in [-0.2, -0.15) is 15.0 Å². The van der Waals surface area contributed by atoms with Crippen molar-refractivity contribution in [1.82, 2.24) is 19.9 Å². The van der Waals surface area contributed by atoms with Gasteiger partial charge in [0.15, 0.2) is 0 Å². The van der Waals surface area contributed by atoms with Crippen LogP contribution in [0.5, 0.6) is 11.8 Å². The first-order chi connectivity index (χ1) is 20.0. The number of rotatable bonds is 7. The second-order valence-corrected chi connectivity index (χ2v) is 11.4. The second kappa shape index (κ2) is 12.6. The molecule has 3 aliphatic rings. The van der Waals surface area contributed by atoms with E-state index in [9.17, 15) is 9.59 Å². The zero-order valence-corrected chi connectivity index (χ0v) is 24.5. The van der Waals surface area contributed by atoms with Crippen molar-refractivity contribution in [2.24, 2.45) is 0 Å². The number of thioether (sulfide) groups is 1. The lowest BCUT2D eigenvalue weighted by Crippen LogP contribution is -2.40. The fourth-order valence-corrected chi connectivity index (χ4v) is 5.59. The monoisotopic (exact) mass is 638 g/mol. The number of morpholine rings is 2. The predicted octanol–water partition coefficient (Wildman–Crippen LogP) is 4.34. The molecule has 0 atom stereocenters. The first-order valence-corrected chi connectivity index (χ1v) is 14.8. The fraction of sp³-hybridized carbons (Fsp3) is 0.321. The molecule has 0 bridgehead atoms. The third kappa shape index (κ3) is 6.70. The summed E-state index contributed by atoms with van der Waals surface area (Å²) in [6, 6.07) is 15.0. The molecular weight excluding hydrogens is 612 g/mol. The van der Waals surface area contributed by atoms with Crippen molar-refractivity contribution in [3.05, 3.63) is 69.0 Å². The van der Waals surface area contributed by atoms with Gasteiger partial charge in [-0.25, -0.2) is 0 Å². The van der Waals surface area contributed by atoms with Crippen LogP contribution in [0, 0.1) is 0 Å². The number of hydrogen-bond acceptors (Lipinski definition) is 11. The Morgan fingerprint density at radius 3 is 2.00 bits per heavy atom. The molecule has 0 saturated carbocycles. The molecule has 1 aromatic heterocycles. The summed E-state index contributed by atoms with van der Waals surface area (Å²) in [5.41, 5.74) is 1.65. The highest BCUT2D eigenvalue weighted by Gasteiger charge is 2.35. The molecule has 41 heavy (non-hydrogen) atoms. The molecule has 212 valence electrons.